The Morgan fingerprint density at radius 1 is 1.43 bits per heavy atom. The molecule has 7 nitrogen and oxygen atoms in total. The van der Waals surface area contributed by atoms with Crippen molar-refractivity contribution in [2.24, 2.45) is 5.73 Å². The fourth-order valence-corrected chi connectivity index (χ4v) is 4.04. The summed E-state index contributed by atoms with van der Waals surface area (Å²) in [6, 6.07) is 1.48. The minimum absolute atomic E-state index is 0.118. The highest BCUT2D eigenvalue weighted by molar-refractivity contribution is 7.89. The van der Waals surface area contributed by atoms with E-state index >= 15 is 0 Å². The predicted molar refractivity (Wildman–Crippen MR) is 78.1 cm³/mol. The molecule has 21 heavy (non-hydrogen) atoms. The average Bonchev–Trinajstić information content (AvgIpc) is 2.95. The van der Waals surface area contributed by atoms with Crippen LogP contribution >= 0.6 is 0 Å². The van der Waals surface area contributed by atoms with Crippen molar-refractivity contribution >= 4 is 10.0 Å². The molecule has 3 N–H and O–H groups in total. The predicted octanol–water partition coefficient (Wildman–Crippen LogP) is 0.919. The maximum atomic E-state index is 12.5. The van der Waals surface area contributed by atoms with Crippen LogP contribution in [0, 0.1) is 13.8 Å². The first-order valence-electron chi connectivity index (χ1n) is 6.64. The maximum absolute atomic E-state index is 12.5. The lowest BCUT2D eigenvalue weighted by atomic mass is 10.2. The maximum Gasteiger partial charge on any atom is 0.244 e. The first-order chi connectivity index (χ1) is 9.85. The van der Waals surface area contributed by atoms with Crippen molar-refractivity contribution in [3.05, 3.63) is 35.5 Å². The van der Waals surface area contributed by atoms with E-state index in [1.165, 1.54) is 0 Å². The second kappa shape index (κ2) is 6.00. The van der Waals surface area contributed by atoms with E-state index in [4.69, 9.17) is 10.2 Å². The Kier molecular flexibility index (Phi) is 4.50. The van der Waals surface area contributed by atoms with Gasteiger partial charge in [-0.1, -0.05) is 0 Å². The summed E-state index contributed by atoms with van der Waals surface area (Å²) >= 11 is 0. The number of aryl methyl sites for hydroxylation is 2. The van der Waals surface area contributed by atoms with Crippen LogP contribution in [0.3, 0.4) is 0 Å². The number of hydrogen-bond donors (Lipinski definition) is 2. The van der Waals surface area contributed by atoms with E-state index in [0.717, 1.165) is 0 Å². The van der Waals surface area contributed by atoms with Gasteiger partial charge in [-0.2, -0.15) is 5.10 Å². The molecule has 0 aliphatic carbocycles. The molecule has 2 aromatic heterocycles. The van der Waals surface area contributed by atoms with E-state index in [-0.39, 0.29) is 17.5 Å². The van der Waals surface area contributed by atoms with Crippen LogP contribution in [0.1, 0.15) is 24.0 Å². The highest BCUT2D eigenvalue weighted by atomic mass is 32.2. The number of nitrogens with zero attached hydrogens (tertiary/aromatic N) is 2. The summed E-state index contributed by atoms with van der Waals surface area (Å²) in [6.07, 6.45) is 3.43. The molecule has 0 saturated carbocycles. The van der Waals surface area contributed by atoms with Crippen LogP contribution < -0.4 is 10.5 Å². The van der Waals surface area contributed by atoms with E-state index in [0.29, 0.717) is 23.6 Å². The van der Waals surface area contributed by atoms with Crippen LogP contribution in [0.4, 0.5) is 0 Å². The van der Waals surface area contributed by atoms with Gasteiger partial charge in [-0.25, -0.2) is 13.1 Å². The van der Waals surface area contributed by atoms with Crippen LogP contribution in [-0.2, 0) is 23.1 Å². The molecular weight excluding hydrogens is 292 g/mol. The van der Waals surface area contributed by atoms with Crippen molar-refractivity contribution in [3.63, 3.8) is 0 Å². The Bertz CT molecular complexity index is 704. The molecule has 1 atom stereocenters. The van der Waals surface area contributed by atoms with Crippen molar-refractivity contribution in [3.8, 4) is 0 Å². The molecule has 1 unspecified atom stereocenters. The van der Waals surface area contributed by atoms with Gasteiger partial charge in [0.25, 0.3) is 0 Å². The fraction of sp³-hybridized carbons (Fsp3) is 0.462. The molecule has 0 spiro atoms. The van der Waals surface area contributed by atoms with Gasteiger partial charge >= 0.3 is 0 Å². The van der Waals surface area contributed by atoms with Gasteiger partial charge in [-0.15, -0.1) is 0 Å². The SMILES string of the molecule is Cc1oc(C)c(S(=O)(=O)NC(C)Cn2cccn2)c1CN. The largest absolute Gasteiger partial charge is 0.465 e. The Morgan fingerprint density at radius 3 is 2.71 bits per heavy atom. The van der Waals surface area contributed by atoms with Gasteiger partial charge < -0.3 is 10.2 Å². The number of furan rings is 1. The summed E-state index contributed by atoms with van der Waals surface area (Å²) in [6.45, 7) is 5.68. The molecule has 0 fully saturated rings. The van der Waals surface area contributed by atoms with Crippen LogP contribution in [0.5, 0.6) is 0 Å². The van der Waals surface area contributed by atoms with E-state index in [2.05, 4.69) is 9.82 Å². The highest BCUT2D eigenvalue weighted by Crippen LogP contribution is 2.26. The molecule has 2 rings (SSSR count). The highest BCUT2D eigenvalue weighted by Gasteiger charge is 2.27. The molecule has 0 aliphatic heterocycles. The Balaban J connectivity index is 2.22. The molecule has 0 radical (unpaired) electrons. The topological polar surface area (TPSA) is 103 Å². The van der Waals surface area contributed by atoms with Gasteiger partial charge in [-0.3, -0.25) is 4.68 Å². The number of nitrogens with one attached hydrogen (secondary N) is 1. The standard InChI is InChI=1S/C13H20N4O3S/c1-9(8-17-6-4-5-15-17)16-21(18,19)13-11(3)20-10(2)12(13)7-14/h4-6,9,16H,7-8,14H2,1-3H3. The van der Waals surface area contributed by atoms with Crippen LogP contribution in [-0.4, -0.2) is 24.2 Å². The molecule has 2 heterocycles. The quantitative estimate of drug-likeness (QED) is 0.825. The van der Waals surface area contributed by atoms with Crippen molar-refractivity contribution in [1.29, 1.82) is 0 Å². The minimum atomic E-state index is -3.68. The normalized spacial score (nSPS) is 13.5. The molecule has 0 aromatic carbocycles. The molecule has 0 aliphatic rings. The van der Waals surface area contributed by atoms with E-state index in [1.807, 2.05) is 0 Å². The van der Waals surface area contributed by atoms with E-state index in [1.54, 1.807) is 43.9 Å². The lowest BCUT2D eigenvalue weighted by Crippen LogP contribution is -2.36. The lowest BCUT2D eigenvalue weighted by Gasteiger charge is -2.14. The minimum Gasteiger partial charge on any atom is -0.465 e. The summed E-state index contributed by atoms with van der Waals surface area (Å²) in [4.78, 5) is 0.148. The van der Waals surface area contributed by atoms with Gasteiger partial charge in [0.05, 0.1) is 6.54 Å². The van der Waals surface area contributed by atoms with Crippen LogP contribution in [0.2, 0.25) is 0 Å². The molecule has 2 aromatic rings. The van der Waals surface area contributed by atoms with Gasteiger partial charge in [0.1, 0.15) is 16.4 Å². The Morgan fingerprint density at radius 2 is 2.14 bits per heavy atom. The van der Waals surface area contributed by atoms with Gasteiger partial charge in [-0.05, 0) is 26.8 Å². The van der Waals surface area contributed by atoms with Crippen molar-refractivity contribution in [1.82, 2.24) is 14.5 Å². The van der Waals surface area contributed by atoms with Crippen molar-refractivity contribution in [2.75, 3.05) is 0 Å². The first-order valence-corrected chi connectivity index (χ1v) is 8.12. The summed E-state index contributed by atoms with van der Waals surface area (Å²) in [5.74, 6) is 0.891. The number of sulfonamides is 1. The van der Waals surface area contributed by atoms with Gasteiger partial charge in [0, 0.05) is 30.5 Å². The third-order valence-electron chi connectivity index (χ3n) is 3.17. The Labute approximate surface area is 124 Å². The lowest BCUT2D eigenvalue weighted by molar-refractivity contribution is 0.485. The monoisotopic (exact) mass is 312 g/mol. The van der Waals surface area contributed by atoms with Crippen molar-refractivity contribution in [2.45, 2.75) is 44.8 Å². The fourth-order valence-electron chi connectivity index (χ4n) is 2.35. The van der Waals surface area contributed by atoms with Crippen molar-refractivity contribution < 1.29 is 12.8 Å². The summed E-state index contributed by atoms with van der Waals surface area (Å²) in [5, 5.41) is 4.06. The number of rotatable bonds is 6. The summed E-state index contributed by atoms with van der Waals surface area (Å²) < 4.78 is 34.8. The second-order valence-electron chi connectivity index (χ2n) is 4.98. The van der Waals surface area contributed by atoms with Crippen LogP contribution in [0.15, 0.2) is 27.8 Å². The summed E-state index contributed by atoms with van der Waals surface area (Å²) in [7, 11) is -3.68. The molecular formula is C13H20N4O3S. The van der Waals surface area contributed by atoms with Gasteiger partial charge in [0.15, 0.2) is 0 Å². The zero-order valence-electron chi connectivity index (χ0n) is 12.3. The third kappa shape index (κ3) is 3.34. The van der Waals surface area contributed by atoms with E-state index < -0.39 is 10.0 Å². The molecule has 8 heteroatoms. The zero-order valence-corrected chi connectivity index (χ0v) is 13.1. The molecule has 0 bridgehead atoms. The number of nitrogens with two attached hydrogens (primary N) is 1. The average molecular weight is 312 g/mol. The second-order valence-corrected chi connectivity index (χ2v) is 6.63. The van der Waals surface area contributed by atoms with Gasteiger partial charge in [0.2, 0.25) is 10.0 Å². The summed E-state index contributed by atoms with van der Waals surface area (Å²) in [5.41, 5.74) is 6.16. The zero-order chi connectivity index (χ0) is 15.6. The third-order valence-corrected chi connectivity index (χ3v) is 4.96. The molecule has 0 saturated heterocycles. The number of hydrogen-bond acceptors (Lipinski definition) is 5. The number of aromatic nitrogens is 2. The molecule has 0 amide bonds. The van der Waals surface area contributed by atoms with E-state index in [9.17, 15) is 8.42 Å². The first kappa shape index (κ1) is 15.7. The molecule has 116 valence electrons. The smallest absolute Gasteiger partial charge is 0.244 e. The Hall–Kier alpha value is -1.64. The van der Waals surface area contributed by atoms with Crippen LogP contribution in [0.25, 0.3) is 0 Å².